The average Bonchev–Trinajstić information content (AvgIpc) is 3.29. The third kappa shape index (κ3) is 5.14. The Kier molecular flexibility index (Phi) is 6.77. The van der Waals surface area contributed by atoms with Crippen LogP contribution >= 0.6 is 0 Å². The van der Waals surface area contributed by atoms with Crippen LogP contribution in [0.1, 0.15) is 21.7 Å². The van der Waals surface area contributed by atoms with E-state index in [1.807, 2.05) is 0 Å². The Hall–Kier alpha value is -4.66. The summed E-state index contributed by atoms with van der Waals surface area (Å²) in [5.41, 5.74) is 3.26. The number of rotatable bonds is 7. The number of hydrogen-bond acceptors (Lipinski definition) is 5. The zero-order valence-corrected chi connectivity index (χ0v) is 18.9. The number of halogens is 2. The molecule has 0 radical (unpaired) electrons. The van der Waals surface area contributed by atoms with Crippen molar-refractivity contribution in [3.63, 3.8) is 0 Å². The van der Waals surface area contributed by atoms with Crippen molar-refractivity contribution < 1.29 is 18.3 Å². The third-order valence-corrected chi connectivity index (χ3v) is 5.21. The van der Waals surface area contributed by atoms with E-state index in [2.05, 4.69) is 20.3 Å². The molecule has 0 aliphatic carbocycles. The highest BCUT2D eigenvalue weighted by atomic mass is 19.1. The Bertz CT molecular complexity index is 1450. The Labute approximate surface area is 200 Å². The van der Waals surface area contributed by atoms with E-state index in [0.717, 1.165) is 12.3 Å². The maximum absolute atomic E-state index is 13.9. The number of aromatic nitrogens is 3. The van der Waals surface area contributed by atoms with E-state index in [4.69, 9.17) is 10.1 Å². The Morgan fingerprint density at radius 1 is 1.09 bits per heavy atom. The van der Waals surface area contributed by atoms with Gasteiger partial charge in [-0.3, -0.25) is 4.79 Å². The van der Waals surface area contributed by atoms with Crippen LogP contribution in [0.5, 0.6) is 5.75 Å². The zero-order chi connectivity index (χ0) is 24.9. The first kappa shape index (κ1) is 23.5. The van der Waals surface area contributed by atoms with Crippen molar-refractivity contribution >= 4 is 24.0 Å². The molecule has 176 valence electrons. The summed E-state index contributed by atoms with van der Waals surface area (Å²) in [7, 11) is 1.32. The minimum absolute atomic E-state index is 0.0402. The monoisotopic (exact) mass is 473 g/mol. The highest BCUT2D eigenvalue weighted by Gasteiger charge is 2.16. The number of aromatic amines is 1. The number of carbonyl (C=O) groups is 1. The summed E-state index contributed by atoms with van der Waals surface area (Å²) < 4.78 is 32.5. The van der Waals surface area contributed by atoms with Crippen LogP contribution in [0.4, 0.5) is 14.6 Å². The van der Waals surface area contributed by atoms with Gasteiger partial charge in [0.05, 0.1) is 18.5 Å². The number of imidazole rings is 1. The molecule has 35 heavy (non-hydrogen) atoms. The van der Waals surface area contributed by atoms with E-state index < -0.39 is 11.7 Å². The van der Waals surface area contributed by atoms with Crippen molar-refractivity contribution in [1.82, 2.24) is 15.0 Å². The number of allylic oxidation sites excluding steroid dienone is 1. The molecule has 0 unspecified atom stereocenters. The quantitative estimate of drug-likeness (QED) is 0.302. The van der Waals surface area contributed by atoms with Crippen LogP contribution in [0.25, 0.3) is 28.6 Å². The number of carbonyl (C=O) groups excluding carboxylic acids is 1. The second-order valence-electron chi connectivity index (χ2n) is 7.57. The van der Waals surface area contributed by atoms with Gasteiger partial charge in [0.15, 0.2) is 11.6 Å². The lowest BCUT2D eigenvalue weighted by Gasteiger charge is -2.09. The number of H-pyrrole nitrogens is 1. The molecular weight excluding hydrogens is 452 g/mol. The number of benzene rings is 2. The molecule has 9 heteroatoms. The number of amides is 1. The lowest BCUT2D eigenvalue weighted by molar-refractivity contribution is 0.102. The van der Waals surface area contributed by atoms with Gasteiger partial charge in [-0.25, -0.2) is 18.7 Å². The first-order valence-corrected chi connectivity index (χ1v) is 10.5. The number of ether oxygens (including phenoxy) is 1. The second kappa shape index (κ2) is 10.1. The predicted molar refractivity (Wildman–Crippen MR) is 131 cm³/mol. The molecule has 0 atom stereocenters. The highest BCUT2D eigenvalue weighted by Crippen LogP contribution is 2.32. The first-order valence-electron chi connectivity index (χ1n) is 10.5. The first-order chi connectivity index (χ1) is 16.9. The van der Waals surface area contributed by atoms with Crippen molar-refractivity contribution in [1.29, 1.82) is 5.41 Å². The molecule has 0 aliphatic heterocycles. The fraction of sp³-hybridized carbons (Fsp3) is 0.0769. The van der Waals surface area contributed by atoms with Crippen LogP contribution in [0, 0.1) is 24.0 Å². The zero-order valence-electron chi connectivity index (χ0n) is 18.9. The Morgan fingerprint density at radius 2 is 1.89 bits per heavy atom. The summed E-state index contributed by atoms with van der Waals surface area (Å²) in [4.78, 5) is 24.7. The van der Waals surface area contributed by atoms with E-state index in [1.165, 1.54) is 37.6 Å². The number of nitrogens with zero attached hydrogens (tertiary/aromatic N) is 2. The van der Waals surface area contributed by atoms with Gasteiger partial charge in [0.2, 0.25) is 0 Å². The minimum atomic E-state index is -0.570. The van der Waals surface area contributed by atoms with Gasteiger partial charge in [0.1, 0.15) is 17.5 Å². The second-order valence-corrected chi connectivity index (χ2v) is 7.57. The van der Waals surface area contributed by atoms with Crippen LogP contribution < -0.4 is 10.1 Å². The van der Waals surface area contributed by atoms with E-state index in [1.54, 1.807) is 37.3 Å². The molecule has 4 rings (SSSR count). The molecule has 3 N–H and O–H groups in total. The summed E-state index contributed by atoms with van der Waals surface area (Å²) in [5, 5.41) is 9.92. The lowest BCUT2D eigenvalue weighted by Crippen LogP contribution is -2.13. The number of aryl methyl sites for hydroxylation is 1. The van der Waals surface area contributed by atoms with Gasteiger partial charge in [-0.05, 0) is 73.2 Å². The largest absolute Gasteiger partial charge is 0.494 e. The highest BCUT2D eigenvalue weighted by molar-refractivity contribution is 6.04. The number of anilines is 1. The number of methoxy groups -OCH3 is 1. The van der Waals surface area contributed by atoms with E-state index in [-0.39, 0.29) is 22.9 Å². The molecule has 2 aromatic heterocycles. The van der Waals surface area contributed by atoms with E-state index in [0.29, 0.717) is 33.9 Å². The van der Waals surface area contributed by atoms with Gasteiger partial charge in [-0.1, -0.05) is 0 Å². The third-order valence-electron chi connectivity index (χ3n) is 5.21. The van der Waals surface area contributed by atoms with Crippen LogP contribution in [-0.4, -0.2) is 34.2 Å². The van der Waals surface area contributed by atoms with Gasteiger partial charge in [0.25, 0.3) is 5.91 Å². The fourth-order valence-corrected chi connectivity index (χ4v) is 3.46. The smallest absolute Gasteiger partial charge is 0.256 e. The number of nitrogens with one attached hydrogen (secondary N) is 3. The molecule has 2 aromatic carbocycles. The van der Waals surface area contributed by atoms with Gasteiger partial charge in [0, 0.05) is 29.1 Å². The minimum Gasteiger partial charge on any atom is -0.494 e. The van der Waals surface area contributed by atoms with Crippen molar-refractivity contribution in [2.75, 3.05) is 12.4 Å². The van der Waals surface area contributed by atoms with Gasteiger partial charge in [-0.15, -0.1) is 0 Å². The van der Waals surface area contributed by atoms with Crippen LogP contribution in [0.3, 0.4) is 0 Å². The molecule has 0 aliphatic rings. The predicted octanol–water partition coefficient (Wildman–Crippen LogP) is 5.65. The molecule has 7 nitrogen and oxygen atoms in total. The molecule has 4 aromatic rings. The standard InChI is InChI=1S/C26H21F2N5O2/c1-15-12-16(5-7-19(15)27)24-25(32-22(31-24)4-3-10-29)17-9-11-30-23(14-17)33-26(34)18-6-8-20(28)21(13-18)35-2/h3-14,29H,1-2H3,(H,31,32)(H,30,33,34)/b4-3-,29-10?. The van der Waals surface area contributed by atoms with E-state index >= 15 is 0 Å². The maximum Gasteiger partial charge on any atom is 0.256 e. The fourth-order valence-electron chi connectivity index (χ4n) is 3.46. The van der Waals surface area contributed by atoms with Gasteiger partial charge < -0.3 is 20.4 Å². The van der Waals surface area contributed by atoms with Crippen molar-refractivity contribution in [3.05, 3.63) is 89.4 Å². The summed E-state index contributed by atoms with van der Waals surface area (Å²) in [6.07, 6.45) is 5.83. The van der Waals surface area contributed by atoms with Crippen LogP contribution in [-0.2, 0) is 0 Å². The summed E-state index contributed by atoms with van der Waals surface area (Å²) in [6.45, 7) is 1.67. The molecule has 0 saturated heterocycles. The molecule has 0 spiro atoms. The average molecular weight is 473 g/mol. The van der Waals surface area contributed by atoms with Crippen LogP contribution in [0.2, 0.25) is 0 Å². The summed E-state index contributed by atoms with van der Waals surface area (Å²) in [6, 6.07) is 11.9. The molecule has 1 amide bonds. The normalized spacial score (nSPS) is 11.0. The summed E-state index contributed by atoms with van der Waals surface area (Å²) >= 11 is 0. The molecule has 0 saturated carbocycles. The molecule has 0 fully saturated rings. The SMILES string of the molecule is COc1cc(C(=O)Nc2cc(-c3[nH]c(/C=C\C=N)nc3-c3ccc(F)c(C)c3)ccn2)ccc1F. The van der Waals surface area contributed by atoms with Gasteiger partial charge in [-0.2, -0.15) is 0 Å². The molecular formula is C26H21F2N5O2. The number of hydrogen-bond donors (Lipinski definition) is 3. The summed E-state index contributed by atoms with van der Waals surface area (Å²) in [5.74, 6) is -0.645. The van der Waals surface area contributed by atoms with Crippen molar-refractivity contribution in [3.8, 4) is 28.3 Å². The maximum atomic E-state index is 13.9. The molecule has 2 heterocycles. The van der Waals surface area contributed by atoms with Crippen LogP contribution in [0.15, 0.2) is 60.8 Å². The van der Waals surface area contributed by atoms with Gasteiger partial charge >= 0.3 is 0 Å². The van der Waals surface area contributed by atoms with Crippen molar-refractivity contribution in [2.45, 2.75) is 6.92 Å². The molecule has 0 bridgehead atoms. The van der Waals surface area contributed by atoms with Crippen molar-refractivity contribution in [2.24, 2.45) is 0 Å². The Morgan fingerprint density at radius 3 is 2.63 bits per heavy atom. The van der Waals surface area contributed by atoms with E-state index in [9.17, 15) is 13.6 Å². The Balaban J connectivity index is 1.70. The topological polar surface area (TPSA) is 104 Å². The number of pyridine rings is 1. The lowest BCUT2D eigenvalue weighted by atomic mass is 10.0.